The summed E-state index contributed by atoms with van der Waals surface area (Å²) in [4.78, 5) is 11.9. The third-order valence-corrected chi connectivity index (χ3v) is 3.33. The molecule has 1 atom stereocenters. The molecule has 6 heteroatoms. The summed E-state index contributed by atoms with van der Waals surface area (Å²) < 4.78 is 1.78. The first-order valence-electron chi connectivity index (χ1n) is 6.84. The minimum atomic E-state index is -0.596. The van der Waals surface area contributed by atoms with E-state index in [0.717, 1.165) is 11.3 Å². The van der Waals surface area contributed by atoms with Crippen LogP contribution >= 0.6 is 0 Å². The Balaban J connectivity index is 1.77. The first kappa shape index (κ1) is 15.1. The Hall–Kier alpha value is -2.34. The maximum absolute atomic E-state index is 11.9. The fraction of sp³-hybridized carbons (Fsp3) is 0.333. The smallest absolute Gasteiger partial charge is 0.237 e. The lowest BCUT2D eigenvalue weighted by Crippen LogP contribution is -2.42. The Morgan fingerprint density at radius 1 is 1.38 bits per heavy atom. The maximum atomic E-state index is 11.9. The van der Waals surface area contributed by atoms with Gasteiger partial charge in [0, 0.05) is 31.9 Å². The van der Waals surface area contributed by atoms with Crippen molar-refractivity contribution in [2.75, 3.05) is 6.54 Å². The highest BCUT2D eigenvalue weighted by molar-refractivity contribution is 5.81. The topological polar surface area (TPSA) is 93.2 Å². The number of hydrogen-bond acceptors (Lipinski definition) is 4. The number of nitrogens with one attached hydrogen (secondary N) is 1. The Bertz CT molecular complexity index is 592. The molecule has 1 aromatic carbocycles. The molecule has 0 bridgehead atoms. The van der Waals surface area contributed by atoms with Gasteiger partial charge in [-0.05, 0) is 30.2 Å². The van der Waals surface area contributed by atoms with Crippen LogP contribution in [-0.4, -0.2) is 33.4 Å². The van der Waals surface area contributed by atoms with Crippen molar-refractivity contribution < 1.29 is 9.90 Å². The molecular weight excluding hydrogens is 268 g/mol. The van der Waals surface area contributed by atoms with Crippen molar-refractivity contribution in [2.24, 2.45) is 12.8 Å². The maximum Gasteiger partial charge on any atom is 0.237 e. The lowest BCUT2D eigenvalue weighted by molar-refractivity contribution is -0.122. The summed E-state index contributed by atoms with van der Waals surface area (Å²) in [6.07, 6.45) is 2.89. The molecule has 1 amide bonds. The summed E-state index contributed by atoms with van der Waals surface area (Å²) >= 11 is 0. The molecular formula is C15H20N4O2. The monoisotopic (exact) mass is 288 g/mol. The highest BCUT2D eigenvalue weighted by Gasteiger charge is 2.13. The number of phenols is 1. The van der Waals surface area contributed by atoms with Crippen LogP contribution in [0.4, 0.5) is 0 Å². The SMILES string of the molecule is Cn1nccc1CCNC(=O)[C@H](N)Cc1ccc(O)cc1. The molecule has 1 aromatic heterocycles. The Kier molecular flexibility index (Phi) is 4.94. The van der Waals surface area contributed by atoms with E-state index in [1.54, 1.807) is 35.1 Å². The molecule has 112 valence electrons. The molecule has 0 unspecified atom stereocenters. The summed E-state index contributed by atoms with van der Waals surface area (Å²) in [6.45, 7) is 0.529. The number of carbonyl (C=O) groups excluding carboxylic acids is 1. The second-order valence-electron chi connectivity index (χ2n) is 4.96. The predicted molar refractivity (Wildman–Crippen MR) is 79.7 cm³/mol. The molecule has 2 rings (SSSR count). The Morgan fingerprint density at radius 2 is 2.10 bits per heavy atom. The van der Waals surface area contributed by atoms with Crippen LogP contribution in [0.3, 0.4) is 0 Å². The van der Waals surface area contributed by atoms with Crippen LogP contribution in [0.1, 0.15) is 11.3 Å². The fourth-order valence-corrected chi connectivity index (χ4v) is 2.07. The van der Waals surface area contributed by atoms with Gasteiger partial charge in [-0.15, -0.1) is 0 Å². The predicted octanol–water partition coefficient (Wildman–Crippen LogP) is 0.354. The van der Waals surface area contributed by atoms with Crippen LogP contribution in [0.2, 0.25) is 0 Å². The van der Waals surface area contributed by atoms with Crippen LogP contribution in [-0.2, 0) is 24.7 Å². The van der Waals surface area contributed by atoms with E-state index in [1.165, 1.54) is 0 Å². The number of carbonyl (C=O) groups is 1. The van der Waals surface area contributed by atoms with Gasteiger partial charge in [0.15, 0.2) is 0 Å². The summed E-state index contributed by atoms with van der Waals surface area (Å²) in [5.74, 6) is 0.0261. The van der Waals surface area contributed by atoms with Gasteiger partial charge >= 0.3 is 0 Å². The molecule has 0 aliphatic carbocycles. The van der Waals surface area contributed by atoms with Crippen LogP contribution in [0.25, 0.3) is 0 Å². The quantitative estimate of drug-likeness (QED) is 0.715. The van der Waals surface area contributed by atoms with Gasteiger partial charge in [0.2, 0.25) is 5.91 Å². The van der Waals surface area contributed by atoms with Crippen molar-refractivity contribution in [1.82, 2.24) is 15.1 Å². The number of amides is 1. The number of rotatable bonds is 6. The van der Waals surface area contributed by atoms with Crippen molar-refractivity contribution in [3.63, 3.8) is 0 Å². The highest BCUT2D eigenvalue weighted by atomic mass is 16.3. The van der Waals surface area contributed by atoms with Gasteiger partial charge in [0.1, 0.15) is 5.75 Å². The van der Waals surface area contributed by atoms with E-state index in [9.17, 15) is 9.90 Å². The van der Waals surface area contributed by atoms with Gasteiger partial charge in [-0.3, -0.25) is 9.48 Å². The van der Waals surface area contributed by atoms with Crippen molar-refractivity contribution in [3.8, 4) is 5.75 Å². The molecule has 0 saturated carbocycles. The van der Waals surface area contributed by atoms with E-state index in [4.69, 9.17) is 5.73 Å². The van der Waals surface area contributed by atoms with Crippen molar-refractivity contribution in [2.45, 2.75) is 18.9 Å². The highest BCUT2D eigenvalue weighted by Crippen LogP contribution is 2.10. The normalized spacial score (nSPS) is 12.1. The molecule has 1 heterocycles. The standard InChI is InChI=1S/C15H20N4O2/c1-19-12(7-9-18-19)6-8-17-15(21)14(16)10-11-2-4-13(20)5-3-11/h2-5,7,9,14,20H,6,8,10,16H2,1H3,(H,17,21)/t14-/m1/s1. The van der Waals surface area contributed by atoms with Crippen LogP contribution in [0, 0.1) is 0 Å². The zero-order valence-electron chi connectivity index (χ0n) is 12.0. The zero-order chi connectivity index (χ0) is 15.2. The summed E-state index contributed by atoms with van der Waals surface area (Å²) in [5.41, 5.74) is 7.86. The molecule has 4 N–H and O–H groups in total. The van der Waals surface area contributed by atoms with Gasteiger partial charge in [-0.1, -0.05) is 12.1 Å². The summed E-state index contributed by atoms with van der Waals surface area (Å²) in [6, 6.07) is 8.02. The first-order valence-corrected chi connectivity index (χ1v) is 6.84. The minimum absolute atomic E-state index is 0.176. The van der Waals surface area contributed by atoms with Crippen LogP contribution in [0.15, 0.2) is 36.5 Å². The van der Waals surface area contributed by atoms with Crippen molar-refractivity contribution >= 4 is 5.91 Å². The molecule has 6 nitrogen and oxygen atoms in total. The van der Waals surface area contributed by atoms with Gasteiger partial charge in [0.25, 0.3) is 0 Å². The zero-order valence-corrected chi connectivity index (χ0v) is 12.0. The van der Waals surface area contributed by atoms with Crippen molar-refractivity contribution in [3.05, 3.63) is 47.8 Å². The number of aryl methyl sites for hydroxylation is 1. The first-order chi connectivity index (χ1) is 10.1. The lowest BCUT2D eigenvalue weighted by Gasteiger charge is -2.12. The largest absolute Gasteiger partial charge is 0.508 e. The Morgan fingerprint density at radius 3 is 2.71 bits per heavy atom. The Labute approximate surface area is 123 Å². The summed E-state index contributed by atoms with van der Waals surface area (Å²) in [5, 5.41) is 16.1. The molecule has 0 fully saturated rings. The third-order valence-electron chi connectivity index (χ3n) is 3.33. The van der Waals surface area contributed by atoms with E-state index < -0.39 is 6.04 Å². The molecule has 21 heavy (non-hydrogen) atoms. The molecule has 2 aromatic rings. The number of hydrogen-bond donors (Lipinski definition) is 3. The van der Waals surface area contributed by atoms with E-state index in [0.29, 0.717) is 19.4 Å². The molecule has 0 aliphatic rings. The van der Waals surface area contributed by atoms with E-state index >= 15 is 0 Å². The average Bonchev–Trinajstić information content (AvgIpc) is 2.87. The number of nitrogens with zero attached hydrogens (tertiary/aromatic N) is 2. The summed E-state index contributed by atoms with van der Waals surface area (Å²) in [7, 11) is 1.87. The van der Waals surface area contributed by atoms with E-state index in [2.05, 4.69) is 10.4 Å². The van der Waals surface area contributed by atoms with E-state index in [-0.39, 0.29) is 11.7 Å². The number of phenolic OH excluding ortho intramolecular Hbond substituents is 1. The molecule has 0 saturated heterocycles. The lowest BCUT2D eigenvalue weighted by atomic mass is 10.1. The van der Waals surface area contributed by atoms with Gasteiger partial charge < -0.3 is 16.2 Å². The van der Waals surface area contributed by atoms with Gasteiger partial charge in [0.05, 0.1) is 6.04 Å². The molecule has 0 aliphatic heterocycles. The van der Waals surface area contributed by atoms with Gasteiger partial charge in [-0.25, -0.2) is 0 Å². The number of benzene rings is 1. The molecule has 0 spiro atoms. The minimum Gasteiger partial charge on any atom is -0.508 e. The number of aromatic hydroxyl groups is 1. The number of aromatic nitrogens is 2. The van der Waals surface area contributed by atoms with Crippen LogP contribution in [0.5, 0.6) is 5.75 Å². The second-order valence-corrected chi connectivity index (χ2v) is 4.96. The van der Waals surface area contributed by atoms with E-state index in [1.807, 2.05) is 13.1 Å². The van der Waals surface area contributed by atoms with Crippen LogP contribution < -0.4 is 11.1 Å². The third kappa shape index (κ3) is 4.32. The van der Waals surface area contributed by atoms with Crippen molar-refractivity contribution in [1.29, 1.82) is 0 Å². The second kappa shape index (κ2) is 6.90. The molecule has 0 radical (unpaired) electrons. The fourth-order valence-electron chi connectivity index (χ4n) is 2.07. The van der Waals surface area contributed by atoms with Gasteiger partial charge in [-0.2, -0.15) is 5.10 Å². The number of nitrogens with two attached hydrogens (primary N) is 1. The average molecular weight is 288 g/mol.